The highest BCUT2D eigenvalue weighted by Crippen LogP contribution is 2.22. The van der Waals surface area contributed by atoms with Gasteiger partial charge in [0.05, 0.1) is 22.9 Å². The van der Waals surface area contributed by atoms with Crippen LogP contribution in [0.25, 0.3) is 10.9 Å². The van der Waals surface area contributed by atoms with Crippen molar-refractivity contribution in [1.82, 2.24) is 14.8 Å². The minimum absolute atomic E-state index is 0.131. The number of fused-ring (bicyclic) bond motifs is 1. The molecule has 2 heterocycles. The van der Waals surface area contributed by atoms with E-state index in [1.54, 1.807) is 0 Å². The number of benzene rings is 1. The van der Waals surface area contributed by atoms with Crippen LogP contribution < -0.4 is 5.73 Å². The molecule has 2 aromatic heterocycles. The maximum Gasteiger partial charge on any atom is 0.0722 e. The molecule has 3 rings (SSSR count). The summed E-state index contributed by atoms with van der Waals surface area (Å²) in [6.45, 7) is 5.02. The van der Waals surface area contributed by atoms with Crippen molar-refractivity contribution in [3.05, 3.63) is 59.5 Å². The van der Waals surface area contributed by atoms with Crippen LogP contribution in [0, 0.1) is 6.92 Å². The molecule has 0 aliphatic heterocycles. The third kappa shape index (κ3) is 2.67. The highest BCUT2D eigenvalue weighted by molar-refractivity contribution is 5.82. The van der Waals surface area contributed by atoms with Gasteiger partial charge in [-0.1, -0.05) is 18.2 Å². The Morgan fingerprint density at radius 3 is 2.81 bits per heavy atom. The van der Waals surface area contributed by atoms with E-state index < -0.39 is 0 Å². The SMILES string of the molecule is CCn1nc(CC(N)c2cc(C)ccn2)c2ccccc21. The van der Waals surface area contributed by atoms with Gasteiger partial charge in [0.15, 0.2) is 0 Å². The summed E-state index contributed by atoms with van der Waals surface area (Å²) in [7, 11) is 0. The average molecular weight is 280 g/mol. The number of aryl methyl sites for hydroxylation is 2. The first-order chi connectivity index (χ1) is 10.2. The zero-order chi connectivity index (χ0) is 14.8. The van der Waals surface area contributed by atoms with E-state index in [1.807, 2.05) is 35.1 Å². The Labute approximate surface area is 124 Å². The zero-order valence-corrected chi connectivity index (χ0v) is 12.5. The largest absolute Gasteiger partial charge is 0.322 e. The second kappa shape index (κ2) is 5.66. The van der Waals surface area contributed by atoms with Crippen molar-refractivity contribution >= 4 is 10.9 Å². The van der Waals surface area contributed by atoms with Crippen LogP contribution in [0.2, 0.25) is 0 Å². The first-order valence-corrected chi connectivity index (χ1v) is 7.31. The third-order valence-corrected chi connectivity index (χ3v) is 3.76. The lowest BCUT2D eigenvalue weighted by Crippen LogP contribution is -2.15. The molecular weight excluding hydrogens is 260 g/mol. The molecule has 21 heavy (non-hydrogen) atoms. The fourth-order valence-electron chi connectivity index (χ4n) is 2.66. The number of para-hydroxylation sites is 1. The number of nitrogens with zero attached hydrogens (tertiary/aromatic N) is 3. The number of hydrogen-bond donors (Lipinski definition) is 1. The van der Waals surface area contributed by atoms with Gasteiger partial charge in [0, 0.05) is 24.5 Å². The molecule has 1 unspecified atom stereocenters. The van der Waals surface area contributed by atoms with E-state index in [0.29, 0.717) is 6.42 Å². The van der Waals surface area contributed by atoms with Crippen LogP contribution >= 0.6 is 0 Å². The van der Waals surface area contributed by atoms with Crippen molar-refractivity contribution in [3.8, 4) is 0 Å². The van der Waals surface area contributed by atoms with Crippen LogP contribution in [0.4, 0.5) is 0 Å². The number of hydrogen-bond acceptors (Lipinski definition) is 3. The Hall–Kier alpha value is -2.20. The molecule has 4 nitrogen and oxygen atoms in total. The van der Waals surface area contributed by atoms with Gasteiger partial charge in [-0.15, -0.1) is 0 Å². The van der Waals surface area contributed by atoms with Crippen molar-refractivity contribution in [2.24, 2.45) is 5.73 Å². The molecule has 108 valence electrons. The van der Waals surface area contributed by atoms with Gasteiger partial charge in [0.25, 0.3) is 0 Å². The van der Waals surface area contributed by atoms with E-state index in [-0.39, 0.29) is 6.04 Å². The molecule has 0 aliphatic carbocycles. The van der Waals surface area contributed by atoms with Gasteiger partial charge >= 0.3 is 0 Å². The lowest BCUT2D eigenvalue weighted by atomic mass is 10.0. The molecule has 3 aromatic rings. The maximum absolute atomic E-state index is 6.33. The molecule has 0 fully saturated rings. The third-order valence-electron chi connectivity index (χ3n) is 3.76. The first kappa shape index (κ1) is 13.8. The van der Waals surface area contributed by atoms with Gasteiger partial charge in [-0.25, -0.2) is 0 Å². The van der Waals surface area contributed by atoms with E-state index in [0.717, 1.165) is 17.9 Å². The quantitative estimate of drug-likeness (QED) is 0.799. The monoisotopic (exact) mass is 280 g/mol. The predicted octanol–water partition coefficient (Wildman–Crippen LogP) is 3.00. The Bertz CT molecular complexity index is 760. The Balaban J connectivity index is 1.94. The smallest absolute Gasteiger partial charge is 0.0722 e. The second-order valence-corrected chi connectivity index (χ2v) is 5.35. The van der Waals surface area contributed by atoms with Crippen LogP contribution in [-0.4, -0.2) is 14.8 Å². The summed E-state index contributed by atoms with van der Waals surface area (Å²) in [5.74, 6) is 0. The Morgan fingerprint density at radius 2 is 2.05 bits per heavy atom. The molecule has 0 radical (unpaired) electrons. The van der Waals surface area contributed by atoms with E-state index >= 15 is 0 Å². The summed E-state index contributed by atoms with van der Waals surface area (Å²) in [6, 6.07) is 12.2. The van der Waals surface area contributed by atoms with E-state index in [4.69, 9.17) is 10.8 Å². The van der Waals surface area contributed by atoms with Crippen LogP contribution in [0.5, 0.6) is 0 Å². The second-order valence-electron chi connectivity index (χ2n) is 5.35. The fraction of sp³-hybridized carbons (Fsp3) is 0.294. The van der Waals surface area contributed by atoms with Crippen LogP contribution in [-0.2, 0) is 13.0 Å². The lowest BCUT2D eigenvalue weighted by molar-refractivity contribution is 0.634. The van der Waals surface area contributed by atoms with Gasteiger partial charge in [0.1, 0.15) is 0 Å². The number of pyridine rings is 1. The highest BCUT2D eigenvalue weighted by Gasteiger charge is 2.15. The Morgan fingerprint density at radius 1 is 1.24 bits per heavy atom. The molecule has 1 atom stereocenters. The summed E-state index contributed by atoms with van der Waals surface area (Å²) in [5, 5.41) is 5.89. The van der Waals surface area contributed by atoms with Gasteiger partial charge in [0.2, 0.25) is 0 Å². The number of rotatable bonds is 4. The molecule has 0 bridgehead atoms. The summed E-state index contributed by atoms with van der Waals surface area (Å²) < 4.78 is 2.03. The van der Waals surface area contributed by atoms with Gasteiger partial charge < -0.3 is 5.73 Å². The molecule has 0 amide bonds. The molecule has 0 saturated heterocycles. The minimum Gasteiger partial charge on any atom is -0.322 e. The van der Waals surface area contributed by atoms with Crippen LogP contribution in [0.15, 0.2) is 42.6 Å². The Kier molecular flexibility index (Phi) is 3.71. The topological polar surface area (TPSA) is 56.7 Å². The standard InChI is InChI=1S/C17H20N4/c1-3-21-17-7-5-4-6-13(17)15(20-21)11-14(18)16-10-12(2)8-9-19-16/h4-10,14H,3,11,18H2,1-2H3. The van der Waals surface area contributed by atoms with Crippen molar-refractivity contribution in [3.63, 3.8) is 0 Å². The summed E-state index contributed by atoms with van der Waals surface area (Å²) in [4.78, 5) is 4.38. The maximum atomic E-state index is 6.33. The zero-order valence-electron chi connectivity index (χ0n) is 12.5. The van der Waals surface area contributed by atoms with Crippen LogP contribution in [0.3, 0.4) is 0 Å². The van der Waals surface area contributed by atoms with Gasteiger partial charge in [-0.2, -0.15) is 5.10 Å². The van der Waals surface area contributed by atoms with Crippen molar-refractivity contribution in [1.29, 1.82) is 0 Å². The van der Waals surface area contributed by atoms with E-state index in [1.165, 1.54) is 16.5 Å². The predicted molar refractivity (Wildman–Crippen MR) is 85.0 cm³/mol. The van der Waals surface area contributed by atoms with Crippen molar-refractivity contribution in [2.45, 2.75) is 32.9 Å². The first-order valence-electron chi connectivity index (χ1n) is 7.31. The molecular formula is C17H20N4. The van der Waals surface area contributed by atoms with Gasteiger partial charge in [-0.05, 0) is 37.6 Å². The molecule has 1 aromatic carbocycles. The number of aromatic nitrogens is 3. The average Bonchev–Trinajstić information content (AvgIpc) is 2.85. The fourth-order valence-corrected chi connectivity index (χ4v) is 2.66. The highest BCUT2D eigenvalue weighted by atomic mass is 15.3. The molecule has 0 aliphatic rings. The molecule has 0 spiro atoms. The minimum atomic E-state index is -0.131. The lowest BCUT2D eigenvalue weighted by Gasteiger charge is -2.10. The molecule has 0 saturated carbocycles. The van der Waals surface area contributed by atoms with E-state index in [9.17, 15) is 0 Å². The summed E-state index contributed by atoms with van der Waals surface area (Å²) in [6.07, 6.45) is 2.51. The van der Waals surface area contributed by atoms with Crippen molar-refractivity contribution in [2.75, 3.05) is 0 Å². The van der Waals surface area contributed by atoms with Gasteiger partial charge in [-0.3, -0.25) is 9.67 Å². The normalized spacial score (nSPS) is 12.7. The molecule has 2 N–H and O–H groups in total. The summed E-state index contributed by atoms with van der Waals surface area (Å²) >= 11 is 0. The van der Waals surface area contributed by atoms with Crippen molar-refractivity contribution < 1.29 is 0 Å². The van der Waals surface area contributed by atoms with Crippen LogP contribution in [0.1, 0.15) is 29.9 Å². The number of nitrogens with two attached hydrogens (primary N) is 1. The van der Waals surface area contributed by atoms with E-state index in [2.05, 4.69) is 31.0 Å². The molecule has 4 heteroatoms. The summed E-state index contributed by atoms with van der Waals surface area (Å²) in [5.41, 5.74) is 10.6.